The second kappa shape index (κ2) is 5.01. The van der Waals surface area contributed by atoms with E-state index in [0.717, 1.165) is 34.8 Å². The minimum Gasteiger partial charge on any atom is -0.469 e. The Morgan fingerprint density at radius 3 is 3.00 bits per heavy atom. The summed E-state index contributed by atoms with van der Waals surface area (Å²) in [5.74, 6) is 1.90. The summed E-state index contributed by atoms with van der Waals surface area (Å²) in [4.78, 5) is 11.0. The fourth-order valence-corrected chi connectivity index (χ4v) is 3.07. The number of thiophene rings is 1. The second-order valence-electron chi connectivity index (χ2n) is 4.44. The molecule has 5 heteroatoms. The van der Waals surface area contributed by atoms with Crippen LogP contribution in [0.4, 0.5) is 5.82 Å². The lowest BCUT2D eigenvalue weighted by atomic mass is 10.2. The maximum Gasteiger partial charge on any atom is 0.138 e. The first-order valence-electron chi connectivity index (χ1n) is 6.22. The van der Waals surface area contributed by atoms with Crippen LogP contribution in [-0.2, 0) is 6.42 Å². The van der Waals surface area contributed by atoms with Crippen molar-refractivity contribution in [2.45, 2.75) is 20.3 Å². The van der Waals surface area contributed by atoms with E-state index in [0.29, 0.717) is 0 Å². The maximum absolute atomic E-state index is 5.32. The highest BCUT2D eigenvalue weighted by atomic mass is 32.1. The van der Waals surface area contributed by atoms with Gasteiger partial charge in [0.05, 0.1) is 11.6 Å². The van der Waals surface area contributed by atoms with Crippen LogP contribution in [0.1, 0.15) is 16.2 Å². The highest BCUT2D eigenvalue weighted by Gasteiger charge is 2.11. The summed E-state index contributed by atoms with van der Waals surface area (Å²) in [7, 11) is 0. The first-order valence-corrected chi connectivity index (χ1v) is 7.04. The van der Waals surface area contributed by atoms with Crippen LogP contribution in [0.3, 0.4) is 0 Å². The van der Waals surface area contributed by atoms with Crippen LogP contribution >= 0.6 is 11.3 Å². The molecule has 0 aliphatic heterocycles. The molecule has 0 unspecified atom stereocenters. The number of aryl methyl sites for hydroxylation is 2. The Bertz CT molecular complexity index is 688. The minimum absolute atomic E-state index is 0.800. The monoisotopic (exact) mass is 273 g/mol. The largest absolute Gasteiger partial charge is 0.469 e. The Kier molecular flexibility index (Phi) is 3.21. The average molecular weight is 273 g/mol. The molecular weight excluding hydrogens is 258 g/mol. The first-order chi connectivity index (χ1) is 9.25. The van der Waals surface area contributed by atoms with Crippen LogP contribution < -0.4 is 5.32 Å². The van der Waals surface area contributed by atoms with E-state index in [1.807, 2.05) is 12.1 Å². The fraction of sp³-hybridized carbons (Fsp3) is 0.286. The van der Waals surface area contributed by atoms with E-state index >= 15 is 0 Å². The summed E-state index contributed by atoms with van der Waals surface area (Å²) in [5, 5.41) is 4.52. The van der Waals surface area contributed by atoms with Crippen molar-refractivity contribution in [1.29, 1.82) is 0 Å². The van der Waals surface area contributed by atoms with E-state index in [-0.39, 0.29) is 0 Å². The van der Waals surface area contributed by atoms with Gasteiger partial charge in [-0.15, -0.1) is 11.3 Å². The lowest BCUT2D eigenvalue weighted by molar-refractivity contribution is 0.513. The van der Waals surface area contributed by atoms with Crippen LogP contribution in [0.2, 0.25) is 0 Å². The molecule has 1 N–H and O–H groups in total. The summed E-state index contributed by atoms with van der Waals surface area (Å²) in [6.07, 6.45) is 4.16. The number of rotatable bonds is 4. The van der Waals surface area contributed by atoms with E-state index in [2.05, 4.69) is 29.1 Å². The molecule has 3 rings (SSSR count). The second-order valence-corrected chi connectivity index (χ2v) is 5.65. The highest BCUT2D eigenvalue weighted by molar-refractivity contribution is 7.18. The van der Waals surface area contributed by atoms with Gasteiger partial charge in [-0.2, -0.15) is 0 Å². The van der Waals surface area contributed by atoms with Crippen molar-refractivity contribution >= 4 is 27.4 Å². The number of nitrogens with one attached hydrogen (secondary N) is 1. The molecule has 0 saturated heterocycles. The predicted molar refractivity (Wildman–Crippen MR) is 77.8 cm³/mol. The van der Waals surface area contributed by atoms with Gasteiger partial charge in [-0.1, -0.05) is 0 Å². The molecule has 0 bridgehead atoms. The summed E-state index contributed by atoms with van der Waals surface area (Å²) in [6.45, 7) is 5.04. The molecule has 0 aromatic carbocycles. The van der Waals surface area contributed by atoms with Crippen molar-refractivity contribution in [1.82, 2.24) is 9.97 Å². The summed E-state index contributed by atoms with van der Waals surface area (Å²) < 4.78 is 5.32. The predicted octanol–water partition coefficient (Wildman–Crippen LogP) is 3.56. The molecule has 98 valence electrons. The molecule has 0 aliphatic carbocycles. The third-order valence-corrected chi connectivity index (χ3v) is 4.32. The van der Waals surface area contributed by atoms with Gasteiger partial charge in [-0.25, -0.2) is 9.97 Å². The van der Waals surface area contributed by atoms with Crippen LogP contribution in [0, 0.1) is 13.8 Å². The molecule has 0 atom stereocenters. The molecule has 3 aromatic rings. The van der Waals surface area contributed by atoms with Gasteiger partial charge >= 0.3 is 0 Å². The number of hydrogen-bond donors (Lipinski definition) is 1. The van der Waals surface area contributed by atoms with E-state index in [1.54, 1.807) is 23.9 Å². The molecule has 3 heterocycles. The Hall–Kier alpha value is -1.88. The van der Waals surface area contributed by atoms with Gasteiger partial charge in [0.2, 0.25) is 0 Å². The number of furan rings is 1. The SMILES string of the molecule is Cc1sc2ncnc(NCCc3ccco3)c2c1C. The molecule has 3 aromatic heterocycles. The highest BCUT2D eigenvalue weighted by Crippen LogP contribution is 2.32. The van der Waals surface area contributed by atoms with Crippen LogP contribution in [-0.4, -0.2) is 16.5 Å². The normalized spacial score (nSPS) is 11.1. The van der Waals surface area contributed by atoms with Crippen molar-refractivity contribution in [3.05, 3.63) is 40.9 Å². The Labute approximate surface area is 115 Å². The topological polar surface area (TPSA) is 51.0 Å². The summed E-state index contributed by atoms with van der Waals surface area (Å²) in [6, 6.07) is 3.89. The van der Waals surface area contributed by atoms with Gasteiger partial charge < -0.3 is 9.73 Å². The fourth-order valence-electron chi connectivity index (χ4n) is 2.08. The molecular formula is C14H15N3OS. The molecule has 0 saturated carbocycles. The van der Waals surface area contributed by atoms with E-state index in [4.69, 9.17) is 4.42 Å². The lowest BCUT2D eigenvalue weighted by Gasteiger charge is -2.06. The van der Waals surface area contributed by atoms with Crippen molar-refractivity contribution in [2.24, 2.45) is 0 Å². The van der Waals surface area contributed by atoms with Crippen molar-refractivity contribution in [3.8, 4) is 0 Å². The molecule has 0 aliphatic rings. The summed E-state index contributed by atoms with van der Waals surface area (Å²) >= 11 is 1.71. The molecule has 0 amide bonds. The average Bonchev–Trinajstić information content (AvgIpc) is 3.00. The van der Waals surface area contributed by atoms with Gasteiger partial charge in [-0.05, 0) is 31.5 Å². The molecule has 0 spiro atoms. The van der Waals surface area contributed by atoms with Crippen molar-refractivity contribution in [3.63, 3.8) is 0 Å². The zero-order chi connectivity index (χ0) is 13.2. The smallest absolute Gasteiger partial charge is 0.138 e. The molecule has 0 radical (unpaired) electrons. The zero-order valence-electron chi connectivity index (χ0n) is 10.9. The van der Waals surface area contributed by atoms with Gasteiger partial charge in [-0.3, -0.25) is 0 Å². The zero-order valence-corrected chi connectivity index (χ0v) is 11.8. The first kappa shape index (κ1) is 12.2. The number of fused-ring (bicyclic) bond motifs is 1. The summed E-state index contributed by atoms with van der Waals surface area (Å²) in [5.41, 5.74) is 1.26. The molecule has 4 nitrogen and oxygen atoms in total. The Morgan fingerprint density at radius 1 is 1.32 bits per heavy atom. The quantitative estimate of drug-likeness (QED) is 0.789. The standard InChI is InChI=1S/C14H15N3OS/c1-9-10(2)19-14-12(9)13(16-8-17-14)15-6-5-11-4-3-7-18-11/h3-4,7-8H,5-6H2,1-2H3,(H,15,16,17). The number of anilines is 1. The molecule has 0 fully saturated rings. The van der Waals surface area contributed by atoms with E-state index in [1.165, 1.54) is 10.4 Å². The van der Waals surface area contributed by atoms with Crippen molar-refractivity contribution in [2.75, 3.05) is 11.9 Å². The Balaban J connectivity index is 1.80. The molecule has 19 heavy (non-hydrogen) atoms. The van der Waals surface area contributed by atoms with E-state index < -0.39 is 0 Å². The van der Waals surface area contributed by atoms with Gasteiger partial charge in [0.15, 0.2) is 0 Å². The number of hydrogen-bond acceptors (Lipinski definition) is 5. The van der Waals surface area contributed by atoms with Crippen LogP contribution in [0.5, 0.6) is 0 Å². The van der Waals surface area contributed by atoms with Gasteiger partial charge in [0.25, 0.3) is 0 Å². The maximum atomic E-state index is 5.32. The Morgan fingerprint density at radius 2 is 2.21 bits per heavy atom. The third kappa shape index (κ3) is 2.33. The van der Waals surface area contributed by atoms with Gasteiger partial charge in [0, 0.05) is 17.8 Å². The third-order valence-electron chi connectivity index (χ3n) is 3.21. The van der Waals surface area contributed by atoms with Gasteiger partial charge in [0.1, 0.15) is 22.7 Å². The number of aromatic nitrogens is 2. The van der Waals surface area contributed by atoms with E-state index in [9.17, 15) is 0 Å². The lowest BCUT2D eigenvalue weighted by Crippen LogP contribution is -2.06. The minimum atomic E-state index is 0.800. The van der Waals surface area contributed by atoms with Crippen LogP contribution in [0.15, 0.2) is 29.1 Å². The van der Waals surface area contributed by atoms with Crippen molar-refractivity contribution < 1.29 is 4.42 Å². The number of nitrogens with zero attached hydrogens (tertiary/aromatic N) is 2. The van der Waals surface area contributed by atoms with Crippen LogP contribution in [0.25, 0.3) is 10.2 Å².